The quantitative estimate of drug-likeness (QED) is 0.630. The van der Waals surface area contributed by atoms with Crippen LogP contribution in [0.4, 0.5) is 10.5 Å². The van der Waals surface area contributed by atoms with E-state index in [0.29, 0.717) is 43.2 Å². The van der Waals surface area contributed by atoms with E-state index in [2.05, 4.69) is 39.3 Å². The maximum atomic E-state index is 13.5. The fourth-order valence-electron chi connectivity index (χ4n) is 4.21. The molecule has 10 heteroatoms. The Balaban J connectivity index is 1.89. The molecule has 3 amide bonds. The average molecular weight is 499 g/mol. The van der Waals surface area contributed by atoms with Gasteiger partial charge in [-0.3, -0.25) is 9.69 Å². The van der Waals surface area contributed by atoms with Crippen LogP contribution in [-0.2, 0) is 11.3 Å². The predicted octanol–water partition coefficient (Wildman–Crippen LogP) is 3.01. The number of rotatable bonds is 6. The molecule has 1 aromatic heterocycles. The number of nitrogens with zero attached hydrogens (tertiary/aromatic N) is 4. The molecule has 2 heterocycles. The number of carbonyl (C=O) groups excluding carboxylic acids is 2. The number of benzene rings is 1. The number of carbonyl (C=O) groups is 2. The van der Waals surface area contributed by atoms with Gasteiger partial charge in [0, 0.05) is 70.0 Å². The minimum Gasteiger partial charge on any atom is -0.491 e. The first-order valence-corrected chi connectivity index (χ1v) is 12.4. The number of fused-ring (bicyclic) bond motifs is 1. The maximum absolute atomic E-state index is 13.5. The van der Waals surface area contributed by atoms with Gasteiger partial charge in [-0.05, 0) is 37.5 Å². The van der Waals surface area contributed by atoms with E-state index in [1.807, 2.05) is 19.3 Å². The highest BCUT2D eigenvalue weighted by molar-refractivity contribution is 5.99. The van der Waals surface area contributed by atoms with Crippen molar-refractivity contribution in [3.63, 3.8) is 0 Å². The summed E-state index contributed by atoms with van der Waals surface area (Å²) in [6, 6.07) is 4.88. The number of nitrogens with one attached hydrogen (secondary N) is 2. The van der Waals surface area contributed by atoms with E-state index in [1.54, 1.807) is 37.3 Å². The standard InChI is InChI=1S/C26H38N6O4/c1-6-9-29-26(34)30-21-7-8-23-22(10-21)25(33)31(4)15-24(35-5)18(2)13-32(19(3)16-36-23)14-20-11-27-17-28-12-20/h7-8,10-12,17-19,24H,6,9,13-16H2,1-5H3,(H2,29,30,34)/t18-,19+,24-/m0/s1. The summed E-state index contributed by atoms with van der Waals surface area (Å²) < 4.78 is 12.0. The fourth-order valence-corrected chi connectivity index (χ4v) is 4.21. The summed E-state index contributed by atoms with van der Waals surface area (Å²) in [5, 5.41) is 5.58. The summed E-state index contributed by atoms with van der Waals surface area (Å²) in [5.41, 5.74) is 1.93. The lowest BCUT2D eigenvalue weighted by Gasteiger charge is -2.36. The number of hydrogen-bond acceptors (Lipinski definition) is 7. The minimum atomic E-state index is -0.311. The summed E-state index contributed by atoms with van der Waals surface area (Å²) in [6.07, 6.45) is 5.84. The van der Waals surface area contributed by atoms with Crippen molar-refractivity contribution in [1.29, 1.82) is 0 Å². The van der Waals surface area contributed by atoms with Gasteiger partial charge in [0.25, 0.3) is 5.91 Å². The van der Waals surface area contributed by atoms with Crippen molar-refractivity contribution >= 4 is 17.6 Å². The summed E-state index contributed by atoms with van der Waals surface area (Å²) in [6.45, 7) is 9.01. The van der Waals surface area contributed by atoms with Crippen LogP contribution in [0.5, 0.6) is 5.75 Å². The van der Waals surface area contributed by atoms with Gasteiger partial charge in [-0.2, -0.15) is 0 Å². The van der Waals surface area contributed by atoms with Crippen LogP contribution in [0.1, 0.15) is 43.1 Å². The molecule has 10 nitrogen and oxygen atoms in total. The first kappa shape index (κ1) is 27.3. The number of anilines is 1. The second-order valence-electron chi connectivity index (χ2n) is 9.37. The highest BCUT2D eigenvalue weighted by Crippen LogP contribution is 2.26. The number of urea groups is 1. The number of ether oxygens (including phenoxy) is 2. The van der Waals surface area contributed by atoms with E-state index in [1.165, 1.54) is 6.33 Å². The minimum absolute atomic E-state index is 0.0443. The van der Waals surface area contributed by atoms with Crippen LogP contribution in [-0.4, -0.2) is 84.3 Å². The van der Waals surface area contributed by atoms with Crippen molar-refractivity contribution in [2.75, 3.05) is 45.7 Å². The van der Waals surface area contributed by atoms with Gasteiger partial charge in [0.15, 0.2) is 0 Å². The van der Waals surface area contributed by atoms with E-state index in [9.17, 15) is 9.59 Å². The SMILES string of the molecule is CCCNC(=O)Nc1ccc2c(c1)C(=O)N(C)C[C@H](OC)[C@@H](C)CN(Cc1cncnc1)[C@H](C)CO2. The van der Waals surface area contributed by atoms with E-state index < -0.39 is 0 Å². The molecule has 36 heavy (non-hydrogen) atoms. The Morgan fingerprint density at radius 3 is 2.67 bits per heavy atom. The Kier molecular flexibility index (Phi) is 10.0. The monoisotopic (exact) mass is 498 g/mol. The molecule has 0 saturated carbocycles. The van der Waals surface area contributed by atoms with Crippen LogP contribution in [0.3, 0.4) is 0 Å². The Hall–Kier alpha value is -3.24. The van der Waals surface area contributed by atoms with Crippen LogP contribution in [0.15, 0.2) is 36.9 Å². The summed E-state index contributed by atoms with van der Waals surface area (Å²) >= 11 is 0. The second kappa shape index (κ2) is 13.2. The molecule has 1 aliphatic heterocycles. The zero-order chi connectivity index (χ0) is 26.1. The van der Waals surface area contributed by atoms with Gasteiger partial charge in [0.05, 0.1) is 11.7 Å². The van der Waals surface area contributed by atoms with Crippen molar-refractivity contribution in [3.8, 4) is 5.75 Å². The highest BCUT2D eigenvalue weighted by Gasteiger charge is 2.28. The third kappa shape index (κ3) is 7.38. The lowest BCUT2D eigenvalue weighted by Crippen LogP contribution is -2.46. The van der Waals surface area contributed by atoms with Gasteiger partial charge in [-0.15, -0.1) is 0 Å². The molecule has 0 saturated heterocycles. The smallest absolute Gasteiger partial charge is 0.319 e. The molecule has 0 fully saturated rings. The molecular weight excluding hydrogens is 460 g/mol. The first-order chi connectivity index (χ1) is 17.3. The van der Waals surface area contributed by atoms with Crippen LogP contribution >= 0.6 is 0 Å². The molecule has 0 unspecified atom stereocenters. The molecule has 2 N–H and O–H groups in total. The molecule has 0 bridgehead atoms. The molecule has 3 rings (SSSR count). The zero-order valence-corrected chi connectivity index (χ0v) is 21.9. The zero-order valence-electron chi connectivity index (χ0n) is 21.9. The van der Waals surface area contributed by atoms with Gasteiger partial charge in [-0.1, -0.05) is 13.8 Å². The Morgan fingerprint density at radius 1 is 1.22 bits per heavy atom. The van der Waals surface area contributed by atoms with E-state index >= 15 is 0 Å². The molecule has 2 aromatic rings. The van der Waals surface area contributed by atoms with Crippen LogP contribution < -0.4 is 15.4 Å². The number of aromatic nitrogens is 2. The van der Waals surface area contributed by atoms with Crippen molar-refractivity contribution in [1.82, 2.24) is 25.1 Å². The molecule has 3 atom stereocenters. The van der Waals surface area contributed by atoms with Crippen LogP contribution in [0, 0.1) is 5.92 Å². The first-order valence-electron chi connectivity index (χ1n) is 12.4. The Labute approximate surface area is 213 Å². The van der Waals surface area contributed by atoms with Gasteiger partial charge >= 0.3 is 6.03 Å². The van der Waals surface area contributed by atoms with E-state index in [4.69, 9.17) is 9.47 Å². The lowest BCUT2D eigenvalue weighted by molar-refractivity contribution is 0.00918. The molecule has 0 aliphatic carbocycles. The van der Waals surface area contributed by atoms with E-state index in [-0.39, 0.29) is 30.0 Å². The molecule has 196 valence electrons. The summed E-state index contributed by atoms with van der Waals surface area (Å²) in [5.74, 6) is 0.429. The van der Waals surface area contributed by atoms with Crippen molar-refractivity contribution < 1.29 is 19.1 Å². The predicted molar refractivity (Wildman–Crippen MR) is 138 cm³/mol. The second-order valence-corrected chi connectivity index (χ2v) is 9.37. The molecule has 1 aliphatic rings. The Morgan fingerprint density at radius 2 is 1.97 bits per heavy atom. The maximum Gasteiger partial charge on any atom is 0.319 e. The molecule has 0 spiro atoms. The highest BCUT2D eigenvalue weighted by atomic mass is 16.5. The van der Waals surface area contributed by atoms with Gasteiger partial charge < -0.3 is 25.0 Å². The molecule has 1 aromatic carbocycles. The fraction of sp³-hybridized carbons (Fsp3) is 0.538. The third-order valence-corrected chi connectivity index (χ3v) is 6.37. The van der Waals surface area contributed by atoms with Gasteiger partial charge in [0.2, 0.25) is 0 Å². The third-order valence-electron chi connectivity index (χ3n) is 6.37. The molecular formula is C26H38N6O4. The number of amides is 3. The van der Waals surface area contributed by atoms with Crippen molar-refractivity contribution in [3.05, 3.63) is 48.0 Å². The van der Waals surface area contributed by atoms with Crippen molar-refractivity contribution in [2.45, 2.75) is 45.9 Å². The van der Waals surface area contributed by atoms with Crippen molar-refractivity contribution in [2.24, 2.45) is 5.92 Å². The average Bonchev–Trinajstić information content (AvgIpc) is 2.88. The van der Waals surface area contributed by atoms with Crippen LogP contribution in [0.25, 0.3) is 0 Å². The lowest BCUT2D eigenvalue weighted by atomic mass is 10.0. The summed E-state index contributed by atoms with van der Waals surface area (Å²) in [7, 11) is 3.44. The normalized spacial score (nSPS) is 21.5. The number of hydrogen-bond donors (Lipinski definition) is 2. The van der Waals surface area contributed by atoms with Crippen LogP contribution in [0.2, 0.25) is 0 Å². The Bertz CT molecular complexity index is 1010. The molecule has 0 radical (unpaired) electrons. The van der Waals surface area contributed by atoms with Gasteiger partial charge in [-0.25, -0.2) is 14.8 Å². The van der Waals surface area contributed by atoms with E-state index in [0.717, 1.165) is 18.5 Å². The summed E-state index contributed by atoms with van der Waals surface area (Å²) in [4.78, 5) is 37.9. The largest absolute Gasteiger partial charge is 0.491 e. The van der Waals surface area contributed by atoms with Gasteiger partial charge in [0.1, 0.15) is 18.7 Å². The number of methoxy groups -OCH3 is 1. The number of likely N-dealkylation sites (N-methyl/N-ethyl adjacent to an activating group) is 1. The topological polar surface area (TPSA) is 109 Å².